The second kappa shape index (κ2) is 7.80. The molecule has 1 aromatic carbocycles. The average Bonchev–Trinajstić information content (AvgIpc) is 2.70. The molecule has 4 rings (SSSR count). The van der Waals surface area contributed by atoms with Crippen LogP contribution in [0.15, 0.2) is 60.6 Å². The van der Waals surface area contributed by atoms with E-state index in [1.165, 1.54) is 0 Å². The molecule has 1 aromatic heterocycles. The summed E-state index contributed by atoms with van der Waals surface area (Å²) >= 11 is 0. The number of nitrogens with one attached hydrogen (secondary N) is 1. The van der Waals surface area contributed by atoms with Crippen LogP contribution in [0.2, 0.25) is 0 Å². The van der Waals surface area contributed by atoms with Gasteiger partial charge in [0.2, 0.25) is 5.76 Å². The lowest BCUT2D eigenvalue weighted by Crippen LogP contribution is -2.46. The fourth-order valence-electron chi connectivity index (χ4n) is 3.56. The van der Waals surface area contributed by atoms with Gasteiger partial charge in [-0.1, -0.05) is 31.0 Å². The van der Waals surface area contributed by atoms with Crippen molar-refractivity contribution in [3.8, 4) is 5.75 Å². The van der Waals surface area contributed by atoms with Gasteiger partial charge in [0.25, 0.3) is 5.91 Å². The number of rotatable bonds is 4. The quantitative estimate of drug-likeness (QED) is 0.871. The van der Waals surface area contributed by atoms with Gasteiger partial charge in [-0.3, -0.25) is 9.78 Å². The summed E-state index contributed by atoms with van der Waals surface area (Å²) in [6.45, 7) is 0.532. The van der Waals surface area contributed by atoms with Crippen LogP contribution in [0.5, 0.6) is 5.75 Å². The van der Waals surface area contributed by atoms with Gasteiger partial charge in [-0.05, 0) is 37.1 Å². The number of pyridine rings is 1. The van der Waals surface area contributed by atoms with Gasteiger partial charge in [-0.2, -0.15) is 0 Å². The molecule has 0 spiro atoms. The highest BCUT2D eigenvalue weighted by Gasteiger charge is 2.29. The summed E-state index contributed by atoms with van der Waals surface area (Å²) in [4.78, 5) is 19.1. The second-order valence-electron chi connectivity index (χ2n) is 6.94. The Balaban J connectivity index is 1.56. The zero-order valence-electron chi connectivity index (χ0n) is 15.0. The number of hydrogen-bond donors (Lipinski definition) is 2. The highest BCUT2D eigenvalue weighted by atomic mass is 16.5. The van der Waals surface area contributed by atoms with Crippen molar-refractivity contribution in [2.75, 3.05) is 4.90 Å². The van der Waals surface area contributed by atoms with E-state index in [4.69, 9.17) is 4.74 Å². The Kier molecular flexibility index (Phi) is 5.07. The van der Waals surface area contributed by atoms with Crippen molar-refractivity contribution in [3.63, 3.8) is 0 Å². The lowest BCUT2D eigenvalue weighted by Gasteiger charge is -2.31. The Hall–Kier alpha value is -2.86. The smallest absolute Gasteiger partial charge is 0.288 e. The number of aliphatic hydroxyl groups is 1. The van der Waals surface area contributed by atoms with Crippen LogP contribution in [0, 0.1) is 0 Å². The molecule has 0 saturated heterocycles. The number of nitrogens with zero attached hydrogens (tertiary/aromatic N) is 2. The lowest BCUT2D eigenvalue weighted by molar-refractivity contribution is -0.121. The molecule has 27 heavy (non-hydrogen) atoms. The van der Waals surface area contributed by atoms with Gasteiger partial charge in [-0.25, -0.2) is 0 Å². The average molecular weight is 365 g/mol. The molecule has 1 saturated carbocycles. The van der Waals surface area contributed by atoms with Crippen LogP contribution in [0.25, 0.3) is 0 Å². The number of ether oxygens (including phenoxy) is 1. The molecule has 6 nitrogen and oxygen atoms in total. The third-order valence-electron chi connectivity index (χ3n) is 5.00. The van der Waals surface area contributed by atoms with E-state index in [1.807, 2.05) is 47.4 Å². The zero-order valence-corrected chi connectivity index (χ0v) is 15.0. The Bertz CT molecular complexity index is 838. The van der Waals surface area contributed by atoms with Crippen LogP contribution >= 0.6 is 0 Å². The first-order chi connectivity index (χ1) is 13.2. The predicted octanol–water partition coefficient (Wildman–Crippen LogP) is 2.74. The van der Waals surface area contributed by atoms with Crippen molar-refractivity contribution in [2.24, 2.45) is 0 Å². The molecule has 2 aromatic rings. The van der Waals surface area contributed by atoms with Crippen molar-refractivity contribution in [1.29, 1.82) is 0 Å². The summed E-state index contributed by atoms with van der Waals surface area (Å²) in [5, 5.41) is 13.1. The number of carbonyl (C=O) groups excluding carboxylic acids is 1. The number of fused-ring (bicyclic) bond motifs is 1. The fraction of sp³-hybridized carbons (Fsp3) is 0.333. The van der Waals surface area contributed by atoms with Crippen LogP contribution < -0.4 is 15.0 Å². The topological polar surface area (TPSA) is 74.7 Å². The van der Waals surface area contributed by atoms with Gasteiger partial charge < -0.3 is 20.1 Å². The first kappa shape index (κ1) is 17.5. The highest BCUT2D eigenvalue weighted by molar-refractivity contribution is 5.93. The molecule has 2 aliphatic rings. The van der Waals surface area contributed by atoms with Crippen molar-refractivity contribution < 1.29 is 14.6 Å². The van der Waals surface area contributed by atoms with E-state index >= 15 is 0 Å². The molecule has 1 aliphatic carbocycles. The van der Waals surface area contributed by atoms with E-state index in [-0.39, 0.29) is 17.7 Å². The molecule has 1 aliphatic heterocycles. The van der Waals surface area contributed by atoms with Crippen molar-refractivity contribution in [3.05, 3.63) is 66.3 Å². The van der Waals surface area contributed by atoms with Gasteiger partial charge in [0.15, 0.2) is 5.75 Å². The Morgan fingerprint density at radius 2 is 2.00 bits per heavy atom. The SMILES string of the molecule is O=C(N[C@H]1CCCC[C@@H]1O)C1=CN(Cc2ccccn2)c2ccccc2O1. The highest BCUT2D eigenvalue weighted by Crippen LogP contribution is 2.34. The molecule has 140 valence electrons. The number of hydrogen-bond acceptors (Lipinski definition) is 5. The van der Waals surface area contributed by atoms with E-state index in [1.54, 1.807) is 12.4 Å². The monoisotopic (exact) mass is 365 g/mol. The van der Waals surface area contributed by atoms with E-state index in [0.717, 1.165) is 37.1 Å². The summed E-state index contributed by atoms with van der Waals surface area (Å²) in [5.41, 5.74) is 1.78. The maximum Gasteiger partial charge on any atom is 0.288 e. The van der Waals surface area contributed by atoms with Gasteiger partial charge in [0.05, 0.1) is 36.3 Å². The minimum Gasteiger partial charge on any atom is -0.448 e. The Morgan fingerprint density at radius 1 is 1.19 bits per heavy atom. The van der Waals surface area contributed by atoms with Gasteiger partial charge >= 0.3 is 0 Å². The normalized spacial score (nSPS) is 21.7. The number of para-hydroxylation sites is 2. The predicted molar refractivity (Wildman–Crippen MR) is 102 cm³/mol. The second-order valence-corrected chi connectivity index (χ2v) is 6.94. The Labute approximate surface area is 158 Å². The number of amides is 1. The van der Waals surface area contributed by atoms with Crippen molar-refractivity contribution in [1.82, 2.24) is 10.3 Å². The molecule has 2 N–H and O–H groups in total. The number of carbonyl (C=O) groups is 1. The molecule has 0 unspecified atom stereocenters. The zero-order chi connectivity index (χ0) is 18.6. The maximum absolute atomic E-state index is 12.8. The van der Waals surface area contributed by atoms with E-state index in [0.29, 0.717) is 12.3 Å². The van der Waals surface area contributed by atoms with Gasteiger partial charge in [0.1, 0.15) is 0 Å². The van der Waals surface area contributed by atoms with E-state index in [9.17, 15) is 9.90 Å². The molecule has 0 bridgehead atoms. The van der Waals surface area contributed by atoms with Crippen molar-refractivity contribution in [2.45, 2.75) is 44.4 Å². The number of anilines is 1. The molecular weight excluding hydrogens is 342 g/mol. The summed E-state index contributed by atoms with van der Waals surface area (Å²) < 4.78 is 5.84. The van der Waals surface area contributed by atoms with Gasteiger partial charge in [0, 0.05) is 6.20 Å². The number of aliphatic hydroxyl groups excluding tert-OH is 1. The molecule has 1 amide bonds. The summed E-state index contributed by atoms with van der Waals surface area (Å²) in [7, 11) is 0. The molecule has 2 heterocycles. The van der Waals surface area contributed by atoms with Crippen LogP contribution in [0.3, 0.4) is 0 Å². The lowest BCUT2D eigenvalue weighted by atomic mass is 9.92. The number of benzene rings is 1. The molecular formula is C21H23N3O3. The Morgan fingerprint density at radius 3 is 2.81 bits per heavy atom. The third kappa shape index (κ3) is 3.95. The van der Waals surface area contributed by atoms with Crippen LogP contribution in [0.1, 0.15) is 31.4 Å². The molecule has 0 radical (unpaired) electrons. The number of aromatic nitrogens is 1. The van der Waals surface area contributed by atoms with Crippen LogP contribution in [0.4, 0.5) is 5.69 Å². The minimum atomic E-state index is -0.496. The van der Waals surface area contributed by atoms with Gasteiger partial charge in [-0.15, -0.1) is 0 Å². The summed E-state index contributed by atoms with van der Waals surface area (Å²) in [5.74, 6) is 0.550. The molecule has 1 fully saturated rings. The first-order valence-electron chi connectivity index (χ1n) is 9.35. The first-order valence-corrected chi connectivity index (χ1v) is 9.35. The largest absolute Gasteiger partial charge is 0.448 e. The standard InChI is InChI=1S/C21H23N3O3/c25-18-10-3-1-8-16(18)23-21(26)20-14-24(13-15-7-5-6-12-22-15)17-9-2-4-11-19(17)27-20/h2,4-7,9,11-12,14,16,18,25H,1,3,8,10,13H2,(H,23,26)/t16-,18-/m0/s1. The fourth-order valence-corrected chi connectivity index (χ4v) is 3.56. The van der Waals surface area contributed by atoms with Crippen molar-refractivity contribution >= 4 is 11.6 Å². The summed E-state index contributed by atoms with van der Waals surface area (Å²) in [6, 6.07) is 13.2. The molecule has 2 atom stereocenters. The van der Waals surface area contributed by atoms with E-state index < -0.39 is 6.10 Å². The van der Waals surface area contributed by atoms with Crippen LogP contribution in [-0.4, -0.2) is 28.1 Å². The van der Waals surface area contributed by atoms with Crippen LogP contribution in [-0.2, 0) is 11.3 Å². The van der Waals surface area contributed by atoms with E-state index in [2.05, 4.69) is 10.3 Å². The summed E-state index contributed by atoms with van der Waals surface area (Å²) in [6.07, 6.45) is 6.48. The third-order valence-corrected chi connectivity index (χ3v) is 5.00. The molecule has 6 heteroatoms. The minimum absolute atomic E-state index is 0.224. The maximum atomic E-state index is 12.8.